The van der Waals surface area contributed by atoms with Crippen LogP contribution in [0.25, 0.3) is 28.7 Å². The Morgan fingerprint density at radius 3 is 2.44 bits per heavy atom. The maximum atomic E-state index is 6.37. The van der Waals surface area contributed by atoms with Crippen molar-refractivity contribution in [2.24, 2.45) is 0 Å². The number of morpholine rings is 1. The Labute approximate surface area is 191 Å². The minimum atomic E-state index is 0.578. The second-order valence-corrected chi connectivity index (χ2v) is 8.78. The zero-order valence-corrected chi connectivity index (χ0v) is 19.0. The van der Waals surface area contributed by atoms with Crippen LogP contribution in [-0.4, -0.2) is 51.8 Å². The van der Waals surface area contributed by atoms with Gasteiger partial charge in [0.15, 0.2) is 16.7 Å². The van der Waals surface area contributed by atoms with Crippen molar-refractivity contribution >= 4 is 17.6 Å². The Hall–Kier alpha value is -3.10. The Balaban J connectivity index is 1.68. The molecular weight excluding hydrogens is 422 g/mol. The van der Waals surface area contributed by atoms with E-state index in [4.69, 9.17) is 14.1 Å². The number of benzene rings is 2. The summed E-state index contributed by atoms with van der Waals surface area (Å²) in [6, 6.07) is 18.4. The van der Waals surface area contributed by atoms with Crippen LogP contribution in [0.15, 0.2) is 64.2 Å². The maximum Gasteiger partial charge on any atom is 0.229 e. The van der Waals surface area contributed by atoms with E-state index in [1.54, 1.807) is 11.8 Å². The van der Waals surface area contributed by atoms with E-state index in [0.717, 1.165) is 35.2 Å². The fourth-order valence-corrected chi connectivity index (χ4v) is 4.39. The summed E-state index contributed by atoms with van der Waals surface area (Å²) in [7, 11) is 0. The summed E-state index contributed by atoms with van der Waals surface area (Å²) in [4.78, 5) is 7.11. The van der Waals surface area contributed by atoms with Gasteiger partial charge in [0.2, 0.25) is 11.8 Å². The molecule has 0 aliphatic carbocycles. The molecule has 1 aliphatic rings. The predicted octanol–water partition coefficient (Wildman–Crippen LogP) is 4.85. The molecule has 0 N–H and O–H groups in total. The number of anilines is 1. The number of ether oxygens (including phenoxy) is 1. The number of hydrogen-bond acceptors (Lipinski definition) is 7. The summed E-state index contributed by atoms with van der Waals surface area (Å²) >= 11 is 1.66. The summed E-state index contributed by atoms with van der Waals surface area (Å²) in [6.07, 6.45) is 0. The molecule has 3 heterocycles. The third kappa shape index (κ3) is 4.03. The highest BCUT2D eigenvalue weighted by Crippen LogP contribution is 2.37. The van der Waals surface area contributed by atoms with Gasteiger partial charge >= 0.3 is 0 Å². The fourth-order valence-electron chi connectivity index (χ4n) is 3.71. The van der Waals surface area contributed by atoms with Gasteiger partial charge in [-0.15, -0.1) is 10.2 Å². The molecule has 0 bridgehead atoms. The van der Waals surface area contributed by atoms with Gasteiger partial charge in [-0.05, 0) is 36.9 Å². The summed E-state index contributed by atoms with van der Waals surface area (Å²) < 4.78 is 14.0. The minimum absolute atomic E-state index is 0.578. The lowest BCUT2D eigenvalue weighted by Crippen LogP contribution is -2.36. The van der Waals surface area contributed by atoms with Crippen LogP contribution in [0.2, 0.25) is 0 Å². The average Bonchev–Trinajstić information content (AvgIpc) is 3.45. The van der Waals surface area contributed by atoms with Crippen LogP contribution in [0, 0.1) is 6.92 Å². The molecular formula is C24H25N5O2S. The van der Waals surface area contributed by atoms with Gasteiger partial charge in [0.25, 0.3) is 0 Å². The first-order chi connectivity index (χ1) is 15.7. The predicted molar refractivity (Wildman–Crippen MR) is 126 cm³/mol. The monoisotopic (exact) mass is 447 g/mol. The van der Waals surface area contributed by atoms with Crippen molar-refractivity contribution in [3.63, 3.8) is 0 Å². The van der Waals surface area contributed by atoms with Gasteiger partial charge in [-0.3, -0.25) is 4.57 Å². The van der Waals surface area contributed by atoms with Gasteiger partial charge in [0.05, 0.1) is 13.2 Å². The van der Waals surface area contributed by atoms with Crippen molar-refractivity contribution < 1.29 is 9.15 Å². The second-order valence-electron chi connectivity index (χ2n) is 7.55. The van der Waals surface area contributed by atoms with Crippen molar-refractivity contribution in [2.75, 3.05) is 37.0 Å². The lowest BCUT2D eigenvalue weighted by atomic mass is 10.1. The molecule has 0 saturated carbocycles. The number of rotatable bonds is 6. The van der Waals surface area contributed by atoms with E-state index in [9.17, 15) is 0 Å². The SMILES string of the molecule is CCSc1nnc(-c2nc(-c3ccc(C)cc3)oc2N2CCOCC2)n1-c1ccccc1. The molecule has 32 heavy (non-hydrogen) atoms. The smallest absolute Gasteiger partial charge is 0.229 e. The highest BCUT2D eigenvalue weighted by Gasteiger charge is 2.28. The molecule has 8 heteroatoms. The van der Waals surface area contributed by atoms with Crippen molar-refractivity contribution in [3.05, 3.63) is 60.2 Å². The molecule has 0 amide bonds. The number of aromatic nitrogens is 4. The molecule has 5 rings (SSSR count). The zero-order valence-electron chi connectivity index (χ0n) is 18.2. The third-order valence-corrected chi connectivity index (χ3v) is 6.15. The third-order valence-electron chi connectivity index (χ3n) is 5.34. The lowest BCUT2D eigenvalue weighted by Gasteiger charge is -2.26. The molecule has 0 radical (unpaired) electrons. The van der Waals surface area contributed by atoms with Gasteiger partial charge < -0.3 is 14.1 Å². The first-order valence-corrected chi connectivity index (χ1v) is 11.8. The molecule has 0 atom stereocenters. The summed E-state index contributed by atoms with van der Waals surface area (Å²) in [5, 5.41) is 9.89. The van der Waals surface area contributed by atoms with Crippen LogP contribution in [0.4, 0.5) is 5.88 Å². The molecule has 2 aromatic carbocycles. The van der Waals surface area contributed by atoms with E-state index in [-0.39, 0.29) is 0 Å². The number of aryl methyl sites for hydroxylation is 1. The highest BCUT2D eigenvalue weighted by atomic mass is 32.2. The number of thioether (sulfide) groups is 1. The Bertz CT molecular complexity index is 1180. The first-order valence-electron chi connectivity index (χ1n) is 10.8. The molecule has 4 aromatic rings. The highest BCUT2D eigenvalue weighted by molar-refractivity contribution is 7.99. The topological polar surface area (TPSA) is 69.2 Å². The first kappa shape index (κ1) is 20.8. The largest absolute Gasteiger partial charge is 0.420 e. The standard InChI is InChI=1S/C24H25N5O2S/c1-3-32-24-27-26-21(29(24)19-7-5-4-6-8-19)20-23(28-13-15-30-16-14-28)31-22(25-20)18-11-9-17(2)10-12-18/h4-12H,3,13-16H2,1-2H3. The second kappa shape index (κ2) is 9.18. The van der Waals surface area contributed by atoms with E-state index in [2.05, 4.69) is 57.8 Å². The summed E-state index contributed by atoms with van der Waals surface area (Å²) in [6.45, 7) is 6.97. The quantitative estimate of drug-likeness (QED) is 0.392. The van der Waals surface area contributed by atoms with Crippen LogP contribution in [0.5, 0.6) is 0 Å². The normalized spacial score (nSPS) is 14.1. The zero-order chi connectivity index (χ0) is 21.9. The number of oxazole rings is 1. The van der Waals surface area contributed by atoms with Crippen molar-refractivity contribution in [1.82, 2.24) is 19.7 Å². The Kier molecular flexibility index (Phi) is 5.96. The summed E-state index contributed by atoms with van der Waals surface area (Å²) in [5.41, 5.74) is 3.82. The van der Waals surface area contributed by atoms with E-state index in [1.807, 2.05) is 30.3 Å². The van der Waals surface area contributed by atoms with E-state index < -0.39 is 0 Å². The molecule has 1 aliphatic heterocycles. The van der Waals surface area contributed by atoms with Gasteiger partial charge in [-0.2, -0.15) is 0 Å². The van der Waals surface area contributed by atoms with Gasteiger partial charge in [-0.1, -0.05) is 54.6 Å². The van der Waals surface area contributed by atoms with Crippen LogP contribution < -0.4 is 4.90 Å². The molecule has 1 fully saturated rings. The molecule has 0 unspecified atom stereocenters. The Morgan fingerprint density at radius 1 is 0.969 bits per heavy atom. The minimum Gasteiger partial charge on any atom is -0.420 e. The van der Waals surface area contributed by atoms with Gasteiger partial charge in [0.1, 0.15) is 0 Å². The average molecular weight is 448 g/mol. The molecule has 2 aromatic heterocycles. The van der Waals surface area contributed by atoms with Crippen LogP contribution in [0.3, 0.4) is 0 Å². The van der Waals surface area contributed by atoms with Gasteiger partial charge in [0, 0.05) is 24.3 Å². The lowest BCUT2D eigenvalue weighted by molar-refractivity contribution is 0.121. The Morgan fingerprint density at radius 2 is 1.72 bits per heavy atom. The number of nitrogens with zero attached hydrogens (tertiary/aromatic N) is 5. The molecule has 1 saturated heterocycles. The van der Waals surface area contributed by atoms with Crippen molar-refractivity contribution in [1.29, 1.82) is 0 Å². The van der Waals surface area contributed by atoms with Crippen molar-refractivity contribution in [2.45, 2.75) is 19.0 Å². The van der Waals surface area contributed by atoms with E-state index in [1.165, 1.54) is 5.56 Å². The maximum absolute atomic E-state index is 6.37. The molecule has 7 nitrogen and oxygen atoms in total. The summed E-state index contributed by atoms with van der Waals surface area (Å²) in [5.74, 6) is 2.86. The fraction of sp³-hybridized carbons (Fsp3) is 0.292. The molecule has 164 valence electrons. The number of hydrogen-bond donors (Lipinski definition) is 0. The number of para-hydroxylation sites is 1. The van der Waals surface area contributed by atoms with Crippen LogP contribution >= 0.6 is 11.8 Å². The molecule has 0 spiro atoms. The van der Waals surface area contributed by atoms with Crippen molar-refractivity contribution in [3.8, 4) is 28.7 Å². The van der Waals surface area contributed by atoms with Crippen LogP contribution in [0.1, 0.15) is 12.5 Å². The van der Waals surface area contributed by atoms with Gasteiger partial charge in [-0.25, -0.2) is 4.98 Å². The van der Waals surface area contributed by atoms with E-state index in [0.29, 0.717) is 36.5 Å². The van der Waals surface area contributed by atoms with E-state index >= 15 is 0 Å². The van der Waals surface area contributed by atoms with Crippen LogP contribution in [-0.2, 0) is 4.74 Å².